The van der Waals surface area contributed by atoms with Gasteiger partial charge in [0, 0.05) is 0 Å². The fraction of sp³-hybridized carbons (Fsp3) is 0.286. The van der Waals surface area contributed by atoms with Crippen LogP contribution in [-0.4, -0.2) is 54.1 Å². The topological polar surface area (TPSA) is 80.0 Å². The zero-order chi connectivity index (χ0) is 20.2. The van der Waals surface area contributed by atoms with Crippen molar-refractivity contribution in [3.8, 4) is 17.2 Å². The summed E-state index contributed by atoms with van der Waals surface area (Å²) in [5.74, 6) is 2.16. The molecule has 0 unspecified atom stereocenters. The van der Waals surface area contributed by atoms with Gasteiger partial charge in [0.2, 0.25) is 0 Å². The predicted molar refractivity (Wildman–Crippen MR) is 109 cm³/mol. The predicted octanol–water partition coefficient (Wildman–Crippen LogP) is 3.03. The number of ether oxygens (including phenoxy) is 4. The molecule has 3 aromatic rings. The fourth-order valence-corrected chi connectivity index (χ4v) is 2.43. The van der Waals surface area contributed by atoms with E-state index in [0.29, 0.717) is 44.5 Å². The molecular formula is C21H24N4O4. The van der Waals surface area contributed by atoms with E-state index in [0.717, 1.165) is 11.3 Å². The zero-order valence-corrected chi connectivity index (χ0v) is 16.3. The van der Waals surface area contributed by atoms with Gasteiger partial charge >= 0.3 is 0 Å². The molecule has 152 valence electrons. The monoisotopic (exact) mass is 396 g/mol. The number of rotatable bonds is 12. The quantitative estimate of drug-likeness (QED) is 0.346. The van der Waals surface area contributed by atoms with Crippen molar-refractivity contribution in [3.05, 3.63) is 66.7 Å². The summed E-state index contributed by atoms with van der Waals surface area (Å²) in [6, 6.07) is 15.3. The van der Waals surface area contributed by atoms with Crippen LogP contribution in [0.15, 0.2) is 66.3 Å². The van der Waals surface area contributed by atoms with E-state index in [4.69, 9.17) is 18.9 Å². The number of hydrogen-bond acceptors (Lipinski definition) is 7. The van der Waals surface area contributed by atoms with Crippen LogP contribution in [0, 0.1) is 0 Å². The number of para-hydroxylation sites is 1. The lowest BCUT2D eigenvalue weighted by molar-refractivity contribution is 0.0755. The second-order valence-corrected chi connectivity index (χ2v) is 5.85. The summed E-state index contributed by atoms with van der Waals surface area (Å²) in [4.78, 5) is 0. The first-order chi connectivity index (χ1) is 14.3. The third-order valence-electron chi connectivity index (χ3n) is 3.74. The van der Waals surface area contributed by atoms with E-state index in [1.807, 2.05) is 55.5 Å². The molecule has 1 aromatic heterocycles. The van der Waals surface area contributed by atoms with Gasteiger partial charge in [0.05, 0.1) is 26.0 Å². The summed E-state index contributed by atoms with van der Waals surface area (Å²) >= 11 is 0. The Bertz CT molecular complexity index is 870. The maximum atomic E-state index is 5.80. The molecule has 3 rings (SSSR count). The van der Waals surface area contributed by atoms with Gasteiger partial charge in [-0.2, -0.15) is 5.10 Å². The van der Waals surface area contributed by atoms with E-state index >= 15 is 0 Å². The molecule has 0 saturated heterocycles. The summed E-state index contributed by atoms with van der Waals surface area (Å²) in [5.41, 5.74) is 0.879. The van der Waals surface area contributed by atoms with Crippen LogP contribution in [0.25, 0.3) is 0 Å². The van der Waals surface area contributed by atoms with Crippen LogP contribution in [0.5, 0.6) is 17.2 Å². The molecule has 0 bridgehead atoms. The lowest BCUT2D eigenvalue weighted by Gasteiger charge is -2.13. The number of benzene rings is 2. The van der Waals surface area contributed by atoms with E-state index in [2.05, 4.69) is 15.3 Å². The molecule has 29 heavy (non-hydrogen) atoms. The standard InChI is InChI=1S/C21H24N4O4/c1-2-27-21-14-18(15-24-25-16-22-23-17-25)8-9-20(21)29-13-11-26-10-12-28-19-6-4-3-5-7-19/h3-9,14-17H,2,10-13H2,1H3/b24-15+. The van der Waals surface area contributed by atoms with Crippen molar-refractivity contribution in [2.24, 2.45) is 5.10 Å². The van der Waals surface area contributed by atoms with Gasteiger partial charge in [0.1, 0.15) is 31.6 Å². The summed E-state index contributed by atoms with van der Waals surface area (Å²) in [7, 11) is 0. The van der Waals surface area contributed by atoms with E-state index in [1.54, 1.807) is 6.21 Å². The lowest BCUT2D eigenvalue weighted by Crippen LogP contribution is -2.12. The fourth-order valence-electron chi connectivity index (χ4n) is 2.43. The van der Waals surface area contributed by atoms with Gasteiger partial charge in [-0.3, -0.25) is 0 Å². The van der Waals surface area contributed by atoms with E-state index in [9.17, 15) is 0 Å². The van der Waals surface area contributed by atoms with Crippen LogP contribution >= 0.6 is 0 Å². The maximum absolute atomic E-state index is 5.80. The minimum absolute atomic E-state index is 0.416. The zero-order valence-electron chi connectivity index (χ0n) is 16.3. The molecular weight excluding hydrogens is 372 g/mol. The van der Waals surface area contributed by atoms with Crippen molar-refractivity contribution in [2.45, 2.75) is 6.92 Å². The second kappa shape index (κ2) is 11.5. The van der Waals surface area contributed by atoms with Crippen molar-refractivity contribution in [2.75, 3.05) is 33.0 Å². The van der Waals surface area contributed by atoms with Gasteiger partial charge in [0.15, 0.2) is 11.5 Å². The molecule has 8 heteroatoms. The van der Waals surface area contributed by atoms with Crippen molar-refractivity contribution in [3.63, 3.8) is 0 Å². The van der Waals surface area contributed by atoms with Crippen LogP contribution < -0.4 is 14.2 Å². The highest BCUT2D eigenvalue weighted by atomic mass is 16.6. The van der Waals surface area contributed by atoms with E-state index in [-0.39, 0.29) is 0 Å². The SMILES string of the molecule is CCOc1cc(/C=N/n2cnnc2)ccc1OCCOCCOc1ccccc1. The van der Waals surface area contributed by atoms with Crippen molar-refractivity contribution in [1.29, 1.82) is 0 Å². The molecule has 0 aliphatic rings. The molecule has 0 aliphatic carbocycles. The van der Waals surface area contributed by atoms with Crippen molar-refractivity contribution < 1.29 is 18.9 Å². The van der Waals surface area contributed by atoms with Gasteiger partial charge in [0.25, 0.3) is 0 Å². The summed E-state index contributed by atoms with van der Waals surface area (Å²) in [6.45, 7) is 4.33. The van der Waals surface area contributed by atoms with Crippen molar-refractivity contribution >= 4 is 6.21 Å². The molecule has 0 saturated carbocycles. The Morgan fingerprint density at radius 3 is 2.38 bits per heavy atom. The summed E-state index contributed by atoms with van der Waals surface area (Å²) < 4.78 is 24.1. The average molecular weight is 396 g/mol. The molecule has 0 aliphatic heterocycles. The van der Waals surface area contributed by atoms with Gasteiger partial charge in [-0.1, -0.05) is 18.2 Å². The first kappa shape index (κ1) is 20.3. The molecule has 0 N–H and O–H groups in total. The number of hydrogen-bond donors (Lipinski definition) is 0. The molecule has 2 aromatic carbocycles. The Morgan fingerprint density at radius 1 is 0.862 bits per heavy atom. The molecule has 0 fully saturated rings. The highest BCUT2D eigenvalue weighted by Gasteiger charge is 2.06. The third-order valence-corrected chi connectivity index (χ3v) is 3.74. The molecule has 1 heterocycles. The lowest BCUT2D eigenvalue weighted by atomic mass is 10.2. The Kier molecular flexibility index (Phi) is 8.04. The van der Waals surface area contributed by atoms with Crippen LogP contribution in [0.3, 0.4) is 0 Å². The smallest absolute Gasteiger partial charge is 0.161 e. The Labute approximate surface area is 169 Å². The molecule has 8 nitrogen and oxygen atoms in total. The molecule has 0 atom stereocenters. The molecule has 0 radical (unpaired) electrons. The van der Waals surface area contributed by atoms with Crippen molar-refractivity contribution in [1.82, 2.24) is 14.9 Å². The number of nitrogens with zero attached hydrogens (tertiary/aromatic N) is 4. The summed E-state index contributed by atoms with van der Waals surface area (Å²) in [5, 5.41) is 11.6. The first-order valence-corrected chi connectivity index (χ1v) is 9.39. The van der Waals surface area contributed by atoms with Crippen LogP contribution in [0.1, 0.15) is 12.5 Å². The van der Waals surface area contributed by atoms with Gasteiger partial charge < -0.3 is 18.9 Å². The largest absolute Gasteiger partial charge is 0.491 e. The van der Waals surface area contributed by atoms with E-state index < -0.39 is 0 Å². The highest BCUT2D eigenvalue weighted by molar-refractivity contribution is 5.80. The van der Waals surface area contributed by atoms with Gasteiger partial charge in [-0.15, -0.1) is 10.2 Å². The molecule has 0 spiro atoms. The second-order valence-electron chi connectivity index (χ2n) is 5.85. The van der Waals surface area contributed by atoms with Crippen LogP contribution in [-0.2, 0) is 4.74 Å². The van der Waals surface area contributed by atoms with Crippen LogP contribution in [0.4, 0.5) is 0 Å². The minimum atomic E-state index is 0.416. The van der Waals surface area contributed by atoms with Crippen LogP contribution in [0.2, 0.25) is 0 Å². The minimum Gasteiger partial charge on any atom is -0.491 e. The average Bonchev–Trinajstić information content (AvgIpc) is 3.27. The van der Waals surface area contributed by atoms with Gasteiger partial charge in [-0.25, -0.2) is 4.68 Å². The third kappa shape index (κ3) is 6.93. The highest BCUT2D eigenvalue weighted by Crippen LogP contribution is 2.28. The maximum Gasteiger partial charge on any atom is 0.161 e. The normalized spacial score (nSPS) is 10.9. The Hall–Kier alpha value is -3.39. The Balaban J connectivity index is 1.42. The number of aromatic nitrogens is 3. The Morgan fingerprint density at radius 2 is 1.62 bits per heavy atom. The van der Waals surface area contributed by atoms with Gasteiger partial charge in [-0.05, 0) is 42.8 Å². The summed E-state index contributed by atoms with van der Waals surface area (Å²) in [6.07, 6.45) is 4.73. The molecule has 0 amide bonds. The van der Waals surface area contributed by atoms with E-state index in [1.165, 1.54) is 17.3 Å². The first-order valence-electron chi connectivity index (χ1n) is 9.39.